The number of rotatable bonds is 4. The van der Waals surface area contributed by atoms with Crippen molar-refractivity contribution in [3.8, 4) is 0 Å². The molecule has 4 rings (SSSR count). The second kappa shape index (κ2) is 7.15. The minimum absolute atomic E-state index is 0.208. The minimum atomic E-state index is 0.208. The van der Waals surface area contributed by atoms with Crippen molar-refractivity contribution >= 4 is 17.4 Å². The summed E-state index contributed by atoms with van der Waals surface area (Å²) in [5, 5.41) is 0. The van der Waals surface area contributed by atoms with Crippen LogP contribution in [0.2, 0.25) is 0 Å². The van der Waals surface area contributed by atoms with Gasteiger partial charge < -0.3 is 14.2 Å². The van der Waals surface area contributed by atoms with Crippen LogP contribution in [0, 0.1) is 6.92 Å². The normalized spacial score (nSPS) is 14.8. The molecule has 0 unspecified atom stereocenters. The summed E-state index contributed by atoms with van der Waals surface area (Å²) in [5.74, 6) is 1.24. The van der Waals surface area contributed by atoms with Crippen molar-refractivity contribution in [3.05, 3.63) is 60.2 Å². The van der Waals surface area contributed by atoms with Crippen molar-refractivity contribution in [2.75, 3.05) is 31.1 Å². The van der Waals surface area contributed by atoms with E-state index in [1.807, 2.05) is 52.2 Å². The van der Waals surface area contributed by atoms with Crippen LogP contribution in [0.3, 0.4) is 0 Å². The fraction of sp³-hybridized carbons (Fsp3) is 0.350. The summed E-state index contributed by atoms with van der Waals surface area (Å²) in [5.41, 5.74) is 3.07. The molecule has 0 saturated carbocycles. The second-order valence-corrected chi connectivity index (χ2v) is 6.71. The highest BCUT2D eigenvalue weighted by atomic mass is 16.2. The first-order valence-corrected chi connectivity index (χ1v) is 9.08. The monoisotopic (exact) mass is 349 g/mol. The summed E-state index contributed by atoms with van der Waals surface area (Å²) in [6, 6.07) is 9.96. The van der Waals surface area contributed by atoms with Crippen LogP contribution < -0.4 is 4.90 Å². The first kappa shape index (κ1) is 16.6. The van der Waals surface area contributed by atoms with E-state index < -0.39 is 0 Å². The number of aromatic nitrogens is 3. The Morgan fingerprint density at radius 1 is 1.12 bits per heavy atom. The van der Waals surface area contributed by atoms with Gasteiger partial charge in [0.05, 0.1) is 5.69 Å². The van der Waals surface area contributed by atoms with Crippen molar-refractivity contribution in [1.29, 1.82) is 0 Å². The molecule has 1 fully saturated rings. The summed E-state index contributed by atoms with van der Waals surface area (Å²) >= 11 is 0. The Labute approximate surface area is 153 Å². The number of hydrogen-bond acceptors (Lipinski definition) is 4. The summed E-state index contributed by atoms with van der Waals surface area (Å²) in [6.07, 6.45) is 7.00. The van der Waals surface area contributed by atoms with Gasteiger partial charge in [0, 0.05) is 51.2 Å². The summed E-state index contributed by atoms with van der Waals surface area (Å²) in [7, 11) is 0. The average molecular weight is 349 g/mol. The Morgan fingerprint density at radius 2 is 1.96 bits per heavy atom. The molecule has 1 saturated heterocycles. The van der Waals surface area contributed by atoms with E-state index >= 15 is 0 Å². The Balaban J connectivity index is 1.31. The van der Waals surface area contributed by atoms with Gasteiger partial charge in [0.15, 0.2) is 0 Å². The topological polar surface area (TPSA) is 53.7 Å². The molecule has 4 heterocycles. The van der Waals surface area contributed by atoms with Crippen LogP contribution >= 0.6 is 0 Å². The predicted molar refractivity (Wildman–Crippen MR) is 101 cm³/mol. The number of carbonyl (C=O) groups excluding carboxylic acids is 1. The fourth-order valence-corrected chi connectivity index (χ4v) is 3.48. The number of hydrogen-bond donors (Lipinski definition) is 0. The van der Waals surface area contributed by atoms with Gasteiger partial charge in [0.1, 0.15) is 11.5 Å². The van der Waals surface area contributed by atoms with Crippen molar-refractivity contribution in [1.82, 2.24) is 19.3 Å². The lowest BCUT2D eigenvalue weighted by Crippen LogP contribution is -2.49. The van der Waals surface area contributed by atoms with Crippen LogP contribution in [0.25, 0.3) is 5.65 Å². The Kier molecular flexibility index (Phi) is 4.56. The molecule has 0 atom stereocenters. The van der Waals surface area contributed by atoms with Gasteiger partial charge in [-0.25, -0.2) is 9.97 Å². The molecule has 1 aliphatic rings. The van der Waals surface area contributed by atoms with E-state index in [1.54, 1.807) is 0 Å². The molecule has 0 bridgehead atoms. The molecule has 26 heavy (non-hydrogen) atoms. The highest BCUT2D eigenvalue weighted by Gasteiger charge is 2.22. The third-order valence-electron chi connectivity index (χ3n) is 4.92. The number of anilines is 1. The number of piperazine rings is 1. The zero-order chi connectivity index (χ0) is 17.9. The maximum atomic E-state index is 12.6. The van der Waals surface area contributed by atoms with Gasteiger partial charge in [-0.2, -0.15) is 0 Å². The van der Waals surface area contributed by atoms with Crippen LogP contribution in [0.1, 0.15) is 17.7 Å². The lowest BCUT2D eigenvalue weighted by molar-refractivity contribution is -0.131. The molecule has 0 aliphatic carbocycles. The van der Waals surface area contributed by atoms with Gasteiger partial charge in [0.2, 0.25) is 5.91 Å². The third-order valence-corrected chi connectivity index (χ3v) is 4.92. The number of pyridine rings is 2. The molecular weight excluding hydrogens is 326 g/mol. The van der Waals surface area contributed by atoms with Crippen LogP contribution in [-0.2, 0) is 11.2 Å². The standard InChI is InChI=1S/C20H23N5O/c1-16-5-4-9-21-20(16)24-13-11-23(12-14-24)19(26)8-7-17-15-25-10-3-2-6-18(25)22-17/h2-6,9-10,15H,7-8,11-14H2,1H3. The van der Waals surface area contributed by atoms with E-state index in [2.05, 4.69) is 27.9 Å². The molecular formula is C20H23N5O. The highest BCUT2D eigenvalue weighted by Crippen LogP contribution is 2.18. The smallest absolute Gasteiger partial charge is 0.223 e. The molecule has 0 aromatic carbocycles. The maximum Gasteiger partial charge on any atom is 0.223 e. The van der Waals surface area contributed by atoms with Gasteiger partial charge in [-0.3, -0.25) is 4.79 Å². The van der Waals surface area contributed by atoms with E-state index in [0.29, 0.717) is 12.8 Å². The molecule has 6 heteroatoms. The van der Waals surface area contributed by atoms with Gasteiger partial charge in [0.25, 0.3) is 0 Å². The van der Waals surface area contributed by atoms with Gasteiger partial charge in [-0.1, -0.05) is 12.1 Å². The van der Waals surface area contributed by atoms with Crippen LogP contribution in [0.4, 0.5) is 5.82 Å². The van der Waals surface area contributed by atoms with Gasteiger partial charge >= 0.3 is 0 Å². The van der Waals surface area contributed by atoms with Crippen molar-refractivity contribution in [2.45, 2.75) is 19.8 Å². The largest absolute Gasteiger partial charge is 0.353 e. The summed E-state index contributed by atoms with van der Waals surface area (Å²) < 4.78 is 1.99. The molecule has 0 radical (unpaired) electrons. The number of aryl methyl sites for hydroxylation is 2. The zero-order valence-electron chi connectivity index (χ0n) is 15.0. The number of fused-ring (bicyclic) bond motifs is 1. The average Bonchev–Trinajstić information content (AvgIpc) is 3.10. The first-order valence-electron chi connectivity index (χ1n) is 9.08. The number of carbonyl (C=O) groups is 1. The van der Waals surface area contributed by atoms with Gasteiger partial charge in [-0.05, 0) is 37.1 Å². The highest BCUT2D eigenvalue weighted by molar-refractivity contribution is 5.76. The first-order chi connectivity index (χ1) is 12.7. The number of imidazole rings is 1. The Bertz CT molecular complexity index is 878. The van der Waals surface area contributed by atoms with Crippen LogP contribution in [0.15, 0.2) is 48.9 Å². The molecule has 3 aromatic heterocycles. The number of amides is 1. The summed E-state index contributed by atoms with van der Waals surface area (Å²) in [6.45, 7) is 5.24. The molecule has 0 spiro atoms. The maximum absolute atomic E-state index is 12.6. The molecule has 1 aliphatic heterocycles. The van der Waals surface area contributed by atoms with E-state index in [0.717, 1.165) is 43.3 Å². The SMILES string of the molecule is Cc1cccnc1N1CCN(C(=O)CCc2cn3ccccc3n2)CC1. The second-order valence-electron chi connectivity index (χ2n) is 6.71. The predicted octanol–water partition coefficient (Wildman–Crippen LogP) is 2.32. The summed E-state index contributed by atoms with van der Waals surface area (Å²) in [4.78, 5) is 25.8. The minimum Gasteiger partial charge on any atom is -0.353 e. The Morgan fingerprint density at radius 3 is 2.73 bits per heavy atom. The van der Waals surface area contributed by atoms with Gasteiger partial charge in [-0.15, -0.1) is 0 Å². The van der Waals surface area contributed by atoms with Crippen molar-refractivity contribution in [3.63, 3.8) is 0 Å². The zero-order valence-corrected chi connectivity index (χ0v) is 15.0. The molecule has 0 N–H and O–H groups in total. The third kappa shape index (κ3) is 3.40. The molecule has 6 nitrogen and oxygen atoms in total. The molecule has 3 aromatic rings. The van der Waals surface area contributed by atoms with E-state index in [-0.39, 0.29) is 5.91 Å². The fourth-order valence-electron chi connectivity index (χ4n) is 3.48. The quantitative estimate of drug-likeness (QED) is 0.725. The van der Waals surface area contributed by atoms with Crippen LogP contribution in [0.5, 0.6) is 0 Å². The van der Waals surface area contributed by atoms with Crippen molar-refractivity contribution < 1.29 is 4.79 Å². The molecule has 1 amide bonds. The van der Waals surface area contributed by atoms with E-state index in [9.17, 15) is 4.79 Å². The number of nitrogens with zero attached hydrogens (tertiary/aromatic N) is 5. The Hall–Kier alpha value is -2.89. The lowest BCUT2D eigenvalue weighted by atomic mass is 10.2. The molecule has 134 valence electrons. The van der Waals surface area contributed by atoms with E-state index in [1.165, 1.54) is 5.56 Å². The van der Waals surface area contributed by atoms with E-state index in [4.69, 9.17) is 0 Å². The van der Waals surface area contributed by atoms with Crippen molar-refractivity contribution in [2.24, 2.45) is 0 Å². The van der Waals surface area contributed by atoms with Crippen LogP contribution in [-0.4, -0.2) is 51.4 Å². The lowest BCUT2D eigenvalue weighted by Gasteiger charge is -2.36.